The first kappa shape index (κ1) is 15.6. The topological polar surface area (TPSA) is 124 Å². The first-order valence-electron chi connectivity index (χ1n) is 5.34. The van der Waals surface area contributed by atoms with Crippen molar-refractivity contribution in [1.29, 1.82) is 0 Å². The quantitative estimate of drug-likeness (QED) is 0.555. The van der Waals surface area contributed by atoms with Gasteiger partial charge in [0, 0.05) is 6.54 Å². The number of carboxylic acids is 1. The first-order chi connectivity index (χ1) is 8.68. The maximum atomic E-state index is 11.8. The van der Waals surface area contributed by atoms with Gasteiger partial charge in [0.05, 0.1) is 22.7 Å². The van der Waals surface area contributed by atoms with Crippen LogP contribution in [0.4, 0.5) is 0 Å². The summed E-state index contributed by atoms with van der Waals surface area (Å²) >= 11 is 0. The number of aliphatic hydroxyl groups excluding tert-OH is 1. The van der Waals surface area contributed by atoms with Crippen molar-refractivity contribution >= 4 is 16.0 Å². The lowest BCUT2D eigenvalue weighted by molar-refractivity contribution is 0.00681. The molecule has 0 fully saturated rings. The van der Waals surface area contributed by atoms with E-state index in [0.717, 1.165) is 12.1 Å². The van der Waals surface area contributed by atoms with Gasteiger partial charge in [-0.25, -0.2) is 17.9 Å². The van der Waals surface area contributed by atoms with E-state index >= 15 is 0 Å². The summed E-state index contributed by atoms with van der Waals surface area (Å²) in [5, 5.41) is 27.0. The van der Waals surface area contributed by atoms with Crippen LogP contribution >= 0.6 is 0 Å². The number of carbonyl (C=O) groups is 1. The molecule has 0 aliphatic rings. The number of benzene rings is 1. The molecule has 106 valence electrons. The molecule has 1 atom stereocenters. The van der Waals surface area contributed by atoms with Gasteiger partial charge in [-0.3, -0.25) is 0 Å². The Morgan fingerprint density at radius 1 is 1.32 bits per heavy atom. The van der Waals surface area contributed by atoms with Gasteiger partial charge >= 0.3 is 5.97 Å². The molecule has 0 saturated heterocycles. The number of rotatable bonds is 6. The lowest BCUT2D eigenvalue weighted by atomic mass is 10.1. The number of nitrogens with one attached hydrogen (secondary N) is 1. The zero-order valence-electron chi connectivity index (χ0n) is 10.2. The van der Waals surface area contributed by atoms with Crippen LogP contribution in [-0.2, 0) is 10.0 Å². The molecule has 0 aliphatic heterocycles. The Morgan fingerprint density at radius 3 is 2.26 bits per heavy atom. The summed E-state index contributed by atoms with van der Waals surface area (Å²) in [6, 6.07) is 4.64. The summed E-state index contributed by atoms with van der Waals surface area (Å²) in [6.45, 7) is 0.336. The summed E-state index contributed by atoms with van der Waals surface area (Å²) in [7, 11) is -3.86. The minimum atomic E-state index is -3.86. The molecular weight excluding hydrogens is 274 g/mol. The maximum Gasteiger partial charge on any atom is 0.335 e. The third kappa shape index (κ3) is 4.28. The minimum absolute atomic E-state index is 0.0266. The molecule has 7 nitrogen and oxygen atoms in total. The highest BCUT2D eigenvalue weighted by Crippen LogP contribution is 2.11. The molecule has 1 aromatic rings. The molecule has 0 aliphatic carbocycles. The van der Waals surface area contributed by atoms with Crippen molar-refractivity contribution in [2.45, 2.75) is 17.4 Å². The first-order valence-corrected chi connectivity index (χ1v) is 6.82. The van der Waals surface area contributed by atoms with E-state index in [9.17, 15) is 18.3 Å². The van der Waals surface area contributed by atoms with Crippen LogP contribution in [-0.4, -0.2) is 48.5 Å². The van der Waals surface area contributed by atoms with E-state index in [1.54, 1.807) is 0 Å². The van der Waals surface area contributed by atoms with Crippen molar-refractivity contribution in [3.63, 3.8) is 0 Å². The number of sulfonamides is 1. The average Bonchev–Trinajstić information content (AvgIpc) is 2.37. The molecule has 4 N–H and O–H groups in total. The zero-order valence-corrected chi connectivity index (χ0v) is 11.0. The lowest BCUT2D eigenvalue weighted by Gasteiger charge is -2.20. The third-order valence-corrected chi connectivity index (χ3v) is 3.81. The predicted octanol–water partition coefficient (Wildman–Crippen LogP) is -0.594. The highest BCUT2D eigenvalue weighted by Gasteiger charge is 2.23. The van der Waals surface area contributed by atoms with E-state index in [0.29, 0.717) is 0 Å². The summed E-state index contributed by atoms with van der Waals surface area (Å²) in [5.41, 5.74) is -1.59. The second-order valence-electron chi connectivity index (χ2n) is 4.31. The van der Waals surface area contributed by atoms with Gasteiger partial charge in [-0.2, -0.15) is 0 Å². The molecule has 0 bridgehead atoms. The Balaban J connectivity index is 2.86. The molecule has 8 heteroatoms. The van der Waals surface area contributed by atoms with Crippen LogP contribution in [0.15, 0.2) is 29.2 Å². The van der Waals surface area contributed by atoms with Gasteiger partial charge in [0.15, 0.2) is 0 Å². The zero-order chi connectivity index (χ0) is 14.7. The van der Waals surface area contributed by atoms with Crippen molar-refractivity contribution in [2.75, 3.05) is 13.2 Å². The number of hydrogen-bond donors (Lipinski definition) is 4. The Hall–Kier alpha value is -1.48. The average molecular weight is 289 g/mol. The van der Waals surface area contributed by atoms with Gasteiger partial charge in [-0.05, 0) is 31.2 Å². The van der Waals surface area contributed by atoms with Crippen LogP contribution in [0.3, 0.4) is 0 Å². The van der Waals surface area contributed by atoms with Gasteiger partial charge in [0.25, 0.3) is 0 Å². The van der Waals surface area contributed by atoms with Gasteiger partial charge < -0.3 is 15.3 Å². The molecule has 0 heterocycles. The van der Waals surface area contributed by atoms with Crippen molar-refractivity contribution in [3.05, 3.63) is 29.8 Å². The predicted molar refractivity (Wildman–Crippen MR) is 66.3 cm³/mol. The standard InChI is InChI=1S/C11H15NO6S/c1-11(16,7-13)6-12-19(17,18)9-4-2-8(3-5-9)10(14)15/h2-5,12-13,16H,6-7H2,1H3,(H,14,15). The Morgan fingerprint density at radius 2 is 1.84 bits per heavy atom. The number of hydrogen-bond acceptors (Lipinski definition) is 5. The molecule has 0 aromatic heterocycles. The van der Waals surface area contributed by atoms with Crippen LogP contribution in [0.25, 0.3) is 0 Å². The molecule has 0 radical (unpaired) electrons. The van der Waals surface area contributed by atoms with Crippen molar-refractivity contribution in [3.8, 4) is 0 Å². The Labute approximate surface area is 110 Å². The largest absolute Gasteiger partial charge is 0.478 e. The Bertz CT molecular complexity index is 549. The molecule has 0 amide bonds. The van der Waals surface area contributed by atoms with Gasteiger partial charge in [0.2, 0.25) is 10.0 Å². The molecular formula is C11H15NO6S. The van der Waals surface area contributed by atoms with Crippen LogP contribution in [0, 0.1) is 0 Å². The highest BCUT2D eigenvalue weighted by atomic mass is 32.2. The van der Waals surface area contributed by atoms with Crippen molar-refractivity contribution in [2.24, 2.45) is 0 Å². The molecule has 1 rings (SSSR count). The minimum Gasteiger partial charge on any atom is -0.478 e. The third-order valence-electron chi connectivity index (χ3n) is 2.40. The van der Waals surface area contributed by atoms with Crippen LogP contribution in [0.2, 0.25) is 0 Å². The second kappa shape index (κ2) is 5.66. The second-order valence-corrected chi connectivity index (χ2v) is 6.08. The fourth-order valence-electron chi connectivity index (χ4n) is 1.17. The molecule has 1 unspecified atom stereocenters. The van der Waals surface area contributed by atoms with Crippen LogP contribution in [0.1, 0.15) is 17.3 Å². The lowest BCUT2D eigenvalue weighted by Crippen LogP contribution is -2.43. The number of aromatic carboxylic acids is 1. The van der Waals surface area contributed by atoms with Gasteiger partial charge in [0.1, 0.15) is 0 Å². The SMILES string of the molecule is CC(O)(CO)CNS(=O)(=O)c1ccc(C(=O)O)cc1. The Kier molecular flexibility index (Phi) is 4.64. The van der Waals surface area contributed by atoms with Crippen LogP contribution < -0.4 is 4.72 Å². The fraction of sp³-hybridized carbons (Fsp3) is 0.364. The molecule has 19 heavy (non-hydrogen) atoms. The smallest absolute Gasteiger partial charge is 0.335 e. The fourth-order valence-corrected chi connectivity index (χ4v) is 2.33. The van der Waals surface area contributed by atoms with Crippen molar-refractivity contribution < 1.29 is 28.5 Å². The summed E-state index contributed by atoms with van der Waals surface area (Å²) < 4.78 is 25.8. The van der Waals surface area contributed by atoms with Crippen molar-refractivity contribution in [1.82, 2.24) is 4.72 Å². The van der Waals surface area contributed by atoms with E-state index in [1.807, 2.05) is 0 Å². The van der Waals surface area contributed by atoms with Crippen LogP contribution in [0.5, 0.6) is 0 Å². The van der Waals surface area contributed by atoms with Gasteiger partial charge in [-0.1, -0.05) is 0 Å². The summed E-state index contributed by atoms with van der Waals surface area (Å²) in [6.07, 6.45) is 0. The normalized spacial score (nSPS) is 14.9. The molecule has 0 saturated carbocycles. The van der Waals surface area contributed by atoms with E-state index in [1.165, 1.54) is 19.1 Å². The summed E-state index contributed by atoms with van der Waals surface area (Å²) in [4.78, 5) is 10.5. The van der Waals surface area contributed by atoms with Gasteiger partial charge in [-0.15, -0.1) is 0 Å². The van der Waals surface area contributed by atoms with E-state index in [4.69, 9.17) is 10.2 Å². The maximum absolute atomic E-state index is 11.8. The van der Waals surface area contributed by atoms with E-state index in [-0.39, 0.29) is 17.0 Å². The van der Waals surface area contributed by atoms with E-state index in [2.05, 4.69) is 4.72 Å². The highest BCUT2D eigenvalue weighted by molar-refractivity contribution is 7.89. The number of carboxylic acid groups (broad SMARTS) is 1. The molecule has 0 spiro atoms. The van der Waals surface area contributed by atoms with E-state index < -0.39 is 28.2 Å². The summed E-state index contributed by atoms with van der Waals surface area (Å²) in [5.74, 6) is -1.15. The number of aliphatic hydroxyl groups is 2. The monoisotopic (exact) mass is 289 g/mol. The molecule has 1 aromatic carbocycles.